The van der Waals surface area contributed by atoms with E-state index in [0.717, 1.165) is 12.2 Å². The first-order valence-corrected chi connectivity index (χ1v) is 11.8. The molecule has 2 aromatic rings. The smallest absolute Gasteiger partial charge is 0.325 e. The molecule has 0 heterocycles. The van der Waals surface area contributed by atoms with Crippen LogP contribution >= 0.6 is 0 Å². The number of ether oxygens (including phenoxy) is 2. The Kier molecular flexibility index (Phi) is 8.98. The molecule has 0 aliphatic carbocycles. The number of esters is 2. The monoisotopic (exact) mass is 479 g/mol. The van der Waals surface area contributed by atoms with Gasteiger partial charge in [0.05, 0.1) is 7.11 Å². The summed E-state index contributed by atoms with van der Waals surface area (Å²) in [6, 6.07) is 13.1. The van der Waals surface area contributed by atoms with Gasteiger partial charge in [0.15, 0.2) is 0 Å². The minimum absolute atomic E-state index is 0.0284. The fraction of sp³-hybridized carbons (Fsp3) is 0.391. The molecule has 0 saturated carbocycles. The van der Waals surface area contributed by atoms with E-state index >= 15 is 0 Å². The van der Waals surface area contributed by atoms with E-state index < -0.39 is 46.0 Å². The molecule has 2 aromatic carbocycles. The fourth-order valence-electron chi connectivity index (χ4n) is 2.93. The number of phenols is 1. The first kappa shape index (κ1) is 26.3. The third kappa shape index (κ3) is 9.21. The number of phenolic OH excluding ortho intramolecular Hbond substituents is 1. The minimum Gasteiger partial charge on any atom is -0.508 e. The van der Waals surface area contributed by atoms with E-state index in [0.29, 0.717) is 11.1 Å². The van der Waals surface area contributed by atoms with Gasteiger partial charge in [-0.3, -0.25) is 9.59 Å². The van der Waals surface area contributed by atoms with Gasteiger partial charge in [-0.2, -0.15) is 12.7 Å². The van der Waals surface area contributed by atoms with Gasteiger partial charge in [0.2, 0.25) is 0 Å². The predicted molar refractivity (Wildman–Crippen MR) is 120 cm³/mol. The molecule has 180 valence electrons. The topological polar surface area (TPSA) is 119 Å². The van der Waals surface area contributed by atoms with Crippen LogP contribution in [0.25, 0.3) is 0 Å². The van der Waals surface area contributed by atoms with Crippen LogP contribution in [0.15, 0.2) is 54.6 Å². The number of carbonyl (C=O) groups excluding carboxylic acids is 2. The Morgan fingerprint density at radius 2 is 1.61 bits per heavy atom. The van der Waals surface area contributed by atoms with Gasteiger partial charge in [-0.05, 0) is 44.0 Å². The highest BCUT2D eigenvalue weighted by molar-refractivity contribution is 7.85. The van der Waals surface area contributed by atoms with E-state index in [1.807, 2.05) is 0 Å². The summed E-state index contributed by atoms with van der Waals surface area (Å²) in [4.78, 5) is 25.1. The van der Waals surface area contributed by atoms with Crippen LogP contribution in [-0.2, 0) is 45.6 Å². The molecule has 0 saturated heterocycles. The van der Waals surface area contributed by atoms with Crippen LogP contribution in [-0.4, -0.2) is 55.8 Å². The standard InChI is InChI=1S/C23H29NO8S/c1-23(2,3)31-21(26)15-24(32-33(28,29)16-18-8-6-5-7-9-18)20(22(27)30-4)14-17-10-12-19(25)13-11-17/h5-13,20,25H,14-16H2,1-4H3/t20-/m0/s1. The van der Waals surface area contributed by atoms with E-state index in [2.05, 4.69) is 0 Å². The van der Waals surface area contributed by atoms with Gasteiger partial charge >= 0.3 is 11.9 Å². The summed E-state index contributed by atoms with van der Waals surface area (Å²) in [7, 11) is -3.09. The van der Waals surface area contributed by atoms with Crippen molar-refractivity contribution < 1.29 is 36.9 Å². The first-order chi connectivity index (χ1) is 15.4. The van der Waals surface area contributed by atoms with Gasteiger partial charge in [-0.1, -0.05) is 42.5 Å². The lowest BCUT2D eigenvalue weighted by Gasteiger charge is -2.29. The number of carbonyl (C=O) groups is 2. The van der Waals surface area contributed by atoms with Crippen molar-refractivity contribution in [2.24, 2.45) is 0 Å². The van der Waals surface area contributed by atoms with Crippen molar-refractivity contribution in [3.05, 3.63) is 65.7 Å². The molecule has 0 fully saturated rings. The highest BCUT2D eigenvalue weighted by atomic mass is 32.2. The molecule has 0 spiro atoms. The van der Waals surface area contributed by atoms with Crippen molar-refractivity contribution in [2.45, 2.75) is 44.6 Å². The highest BCUT2D eigenvalue weighted by Crippen LogP contribution is 2.19. The molecule has 0 amide bonds. The zero-order valence-corrected chi connectivity index (χ0v) is 19.9. The average molecular weight is 480 g/mol. The van der Waals surface area contributed by atoms with Gasteiger partial charge in [0.1, 0.15) is 29.7 Å². The molecular weight excluding hydrogens is 450 g/mol. The minimum atomic E-state index is -4.24. The number of hydrogen-bond acceptors (Lipinski definition) is 9. The number of hydrogen-bond donors (Lipinski definition) is 1. The Morgan fingerprint density at radius 1 is 1.00 bits per heavy atom. The van der Waals surface area contributed by atoms with Crippen molar-refractivity contribution in [1.29, 1.82) is 0 Å². The second kappa shape index (κ2) is 11.3. The number of benzene rings is 2. The Morgan fingerprint density at radius 3 is 2.15 bits per heavy atom. The Balaban J connectivity index is 2.35. The molecule has 33 heavy (non-hydrogen) atoms. The Labute approximate surface area is 194 Å². The van der Waals surface area contributed by atoms with Gasteiger partial charge < -0.3 is 14.6 Å². The zero-order chi connectivity index (χ0) is 24.6. The summed E-state index contributed by atoms with van der Waals surface area (Å²) in [5.41, 5.74) is 0.230. The molecule has 0 bridgehead atoms. The van der Waals surface area contributed by atoms with Gasteiger partial charge in [-0.15, -0.1) is 5.06 Å². The summed E-state index contributed by atoms with van der Waals surface area (Å²) in [6.45, 7) is 4.35. The predicted octanol–water partition coefficient (Wildman–Crippen LogP) is 2.58. The fourth-order valence-corrected chi connectivity index (χ4v) is 4.04. The summed E-state index contributed by atoms with van der Waals surface area (Å²) in [6.07, 6.45) is -0.0450. The summed E-state index contributed by atoms with van der Waals surface area (Å²) in [5.74, 6) is -2.02. The van der Waals surface area contributed by atoms with Crippen LogP contribution in [0.4, 0.5) is 0 Å². The van der Waals surface area contributed by atoms with Crippen molar-refractivity contribution in [2.75, 3.05) is 13.7 Å². The van der Waals surface area contributed by atoms with Crippen LogP contribution in [0.2, 0.25) is 0 Å². The van der Waals surface area contributed by atoms with E-state index in [-0.39, 0.29) is 12.2 Å². The quantitative estimate of drug-likeness (QED) is 0.405. The first-order valence-electron chi connectivity index (χ1n) is 10.2. The molecule has 1 N–H and O–H groups in total. The zero-order valence-electron chi connectivity index (χ0n) is 19.1. The SMILES string of the molecule is COC(=O)[C@H](Cc1ccc(O)cc1)N(CC(=O)OC(C)(C)C)OS(=O)(=O)Cc1ccccc1. The lowest BCUT2D eigenvalue weighted by molar-refractivity contribution is -0.177. The van der Waals surface area contributed by atoms with E-state index in [1.165, 1.54) is 12.1 Å². The van der Waals surface area contributed by atoms with Crippen LogP contribution < -0.4 is 0 Å². The van der Waals surface area contributed by atoms with Crippen LogP contribution in [0, 0.1) is 0 Å². The maximum Gasteiger partial charge on any atom is 0.325 e. The normalized spacial score (nSPS) is 12.9. The number of nitrogens with zero attached hydrogens (tertiary/aromatic N) is 1. The molecule has 1 atom stereocenters. The van der Waals surface area contributed by atoms with Crippen LogP contribution in [0.1, 0.15) is 31.9 Å². The van der Waals surface area contributed by atoms with Crippen molar-refractivity contribution in [3.8, 4) is 5.75 Å². The molecule has 2 rings (SSSR count). The summed E-state index contributed by atoms with van der Waals surface area (Å²) < 4.78 is 41.0. The van der Waals surface area contributed by atoms with Crippen molar-refractivity contribution >= 4 is 22.1 Å². The lowest BCUT2D eigenvalue weighted by Crippen LogP contribution is -2.48. The Bertz CT molecular complexity index is 1030. The number of rotatable bonds is 10. The largest absolute Gasteiger partial charge is 0.508 e. The lowest BCUT2D eigenvalue weighted by atomic mass is 10.1. The second-order valence-corrected chi connectivity index (χ2v) is 9.89. The molecule has 0 aliphatic rings. The van der Waals surface area contributed by atoms with Gasteiger partial charge in [0, 0.05) is 6.42 Å². The molecule has 9 nitrogen and oxygen atoms in total. The van der Waals surface area contributed by atoms with E-state index in [4.69, 9.17) is 13.8 Å². The van der Waals surface area contributed by atoms with Gasteiger partial charge in [-0.25, -0.2) is 0 Å². The summed E-state index contributed by atoms with van der Waals surface area (Å²) in [5, 5.41) is 10.3. The number of hydroxylamine groups is 2. The highest BCUT2D eigenvalue weighted by Gasteiger charge is 2.35. The molecule has 10 heteroatoms. The Hall–Kier alpha value is -2.95. The van der Waals surface area contributed by atoms with E-state index in [1.54, 1.807) is 63.2 Å². The number of aromatic hydroxyl groups is 1. The maximum atomic E-state index is 12.8. The molecule has 0 aliphatic heterocycles. The molecule has 0 radical (unpaired) electrons. The molecular formula is C23H29NO8S. The van der Waals surface area contributed by atoms with Gasteiger partial charge in [0.25, 0.3) is 10.1 Å². The van der Waals surface area contributed by atoms with Crippen LogP contribution in [0.3, 0.4) is 0 Å². The maximum absolute atomic E-state index is 12.8. The molecule has 0 aromatic heterocycles. The second-order valence-electron chi connectivity index (χ2n) is 8.33. The third-order valence-corrected chi connectivity index (χ3v) is 5.39. The number of methoxy groups -OCH3 is 1. The third-order valence-electron chi connectivity index (χ3n) is 4.29. The van der Waals surface area contributed by atoms with E-state index in [9.17, 15) is 23.1 Å². The van der Waals surface area contributed by atoms with Crippen molar-refractivity contribution in [3.63, 3.8) is 0 Å². The van der Waals surface area contributed by atoms with Crippen LogP contribution in [0.5, 0.6) is 5.75 Å². The average Bonchev–Trinajstić information content (AvgIpc) is 2.71. The van der Waals surface area contributed by atoms with Crippen molar-refractivity contribution in [1.82, 2.24) is 5.06 Å². The summed E-state index contributed by atoms with van der Waals surface area (Å²) >= 11 is 0. The molecule has 0 unspecified atom stereocenters.